The topological polar surface area (TPSA) is 39.2 Å². The zero-order valence-electron chi connectivity index (χ0n) is 6.13. The molecule has 1 aromatic heterocycles. The molecule has 0 aliphatic carbocycles. The van der Waals surface area contributed by atoms with Gasteiger partial charge in [0.05, 0.1) is 12.1 Å². The van der Waals surface area contributed by atoms with Gasteiger partial charge in [0.1, 0.15) is 0 Å². The first-order valence-corrected chi connectivity index (χ1v) is 3.74. The van der Waals surface area contributed by atoms with E-state index in [2.05, 4.69) is 9.72 Å². The number of thiazole rings is 1. The molecular weight excluding hydrogens is 221 g/mol. The minimum atomic E-state index is 0. The summed E-state index contributed by atoms with van der Waals surface area (Å²) in [6.45, 7) is 0.909. The average Bonchev–Trinajstić information content (AvgIpc) is 2.41. The van der Waals surface area contributed by atoms with E-state index in [4.69, 9.17) is 0 Å². The van der Waals surface area contributed by atoms with E-state index in [9.17, 15) is 4.79 Å². The van der Waals surface area contributed by atoms with Crippen LogP contribution in [-0.4, -0.2) is 18.1 Å². The molecule has 1 heterocycles. The van der Waals surface area contributed by atoms with Gasteiger partial charge in [-0.1, -0.05) is 0 Å². The van der Waals surface area contributed by atoms with E-state index in [1.807, 2.05) is 0 Å². The summed E-state index contributed by atoms with van der Waals surface area (Å²) in [5, 5.41) is 0. The van der Waals surface area contributed by atoms with E-state index in [0.717, 1.165) is 11.3 Å². The van der Waals surface area contributed by atoms with Crippen molar-refractivity contribution in [1.82, 2.24) is 4.98 Å². The SMILES string of the molecule is Cl.Cl.O=COCCc1cncs1. The summed E-state index contributed by atoms with van der Waals surface area (Å²) in [6, 6.07) is 0. The second kappa shape index (κ2) is 8.77. The third-order valence-corrected chi connectivity index (χ3v) is 1.86. The van der Waals surface area contributed by atoms with Crippen LogP contribution in [0.4, 0.5) is 0 Å². The highest BCUT2D eigenvalue weighted by Crippen LogP contribution is 2.05. The zero-order valence-corrected chi connectivity index (χ0v) is 8.58. The van der Waals surface area contributed by atoms with Gasteiger partial charge in [-0.25, -0.2) is 0 Å². The molecule has 1 aromatic rings. The van der Waals surface area contributed by atoms with Crippen molar-refractivity contribution in [2.75, 3.05) is 6.61 Å². The van der Waals surface area contributed by atoms with Crippen molar-refractivity contribution in [3.63, 3.8) is 0 Å². The minimum absolute atomic E-state index is 0. The van der Waals surface area contributed by atoms with E-state index in [1.54, 1.807) is 23.0 Å². The van der Waals surface area contributed by atoms with Crippen LogP contribution >= 0.6 is 36.2 Å². The van der Waals surface area contributed by atoms with Crippen LogP contribution in [0.3, 0.4) is 0 Å². The van der Waals surface area contributed by atoms with Gasteiger partial charge in [0, 0.05) is 17.5 Å². The molecule has 0 aliphatic rings. The predicted molar refractivity (Wildman–Crippen MR) is 52.3 cm³/mol. The summed E-state index contributed by atoms with van der Waals surface area (Å²) < 4.78 is 4.51. The lowest BCUT2D eigenvalue weighted by Gasteiger charge is -1.92. The fourth-order valence-corrected chi connectivity index (χ4v) is 1.15. The lowest BCUT2D eigenvalue weighted by molar-refractivity contribution is -0.128. The molecule has 3 nitrogen and oxygen atoms in total. The first-order chi connectivity index (χ1) is 4.93. The maximum atomic E-state index is 9.70. The van der Waals surface area contributed by atoms with Crippen LogP contribution < -0.4 is 0 Å². The molecule has 0 saturated heterocycles. The number of hydrogen-bond acceptors (Lipinski definition) is 4. The van der Waals surface area contributed by atoms with Crippen LogP contribution in [0.5, 0.6) is 0 Å². The van der Waals surface area contributed by atoms with Crippen LogP contribution in [0.1, 0.15) is 4.88 Å². The second-order valence-electron chi connectivity index (χ2n) is 1.68. The summed E-state index contributed by atoms with van der Waals surface area (Å²) in [4.78, 5) is 14.7. The van der Waals surface area contributed by atoms with Crippen molar-refractivity contribution in [3.8, 4) is 0 Å². The first-order valence-electron chi connectivity index (χ1n) is 2.86. The van der Waals surface area contributed by atoms with Crippen molar-refractivity contribution >= 4 is 42.6 Å². The van der Waals surface area contributed by atoms with Gasteiger partial charge in [0.25, 0.3) is 6.47 Å². The van der Waals surface area contributed by atoms with Crippen molar-refractivity contribution in [2.45, 2.75) is 6.42 Å². The molecule has 0 spiro atoms. The molecule has 6 heteroatoms. The van der Waals surface area contributed by atoms with Crippen molar-refractivity contribution in [2.24, 2.45) is 0 Å². The molecule has 70 valence electrons. The normalized spacial score (nSPS) is 7.67. The Labute approximate surface area is 87.0 Å². The van der Waals surface area contributed by atoms with E-state index < -0.39 is 0 Å². The fourth-order valence-electron chi connectivity index (χ4n) is 0.573. The van der Waals surface area contributed by atoms with Gasteiger partial charge in [0.2, 0.25) is 0 Å². The summed E-state index contributed by atoms with van der Waals surface area (Å²) in [5.41, 5.74) is 1.76. The first kappa shape index (κ1) is 14.2. The standard InChI is InChI=1S/C6H7NO2S.2ClH/c8-5-9-2-1-6-3-7-4-10-6;;/h3-5H,1-2H2;2*1H. The molecule has 0 aliphatic heterocycles. The van der Waals surface area contributed by atoms with E-state index >= 15 is 0 Å². The molecule has 0 fully saturated rings. The maximum Gasteiger partial charge on any atom is 0.293 e. The van der Waals surface area contributed by atoms with E-state index in [1.165, 1.54) is 0 Å². The third-order valence-electron chi connectivity index (χ3n) is 1.02. The molecular formula is C6H9Cl2NO2S. The molecule has 0 amide bonds. The summed E-state index contributed by atoms with van der Waals surface area (Å²) in [5.74, 6) is 0. The zero-order chi connectivity index (χ0) is 7.23. The maximum absolute atomic E-state index is 9.70. The molecule has 12 heavy (non-hydrogen) atoms. The Morgan fingerprint density at radius 2 is 2.33 bits per heavy atom. The average molecular weight is 230 g/mol. The van der Waals surface area contributed by atoms with Crippen LogP contribution in [0.15, 0.2) is 11.7 Å². The predicted octanol–water partition coefficient (Wildman–Crippen LogP) is 1.70. The monoisotopic (exact) mass is 229 g/mol. The molecule has 0 aromatic carbocycles. The molecule has 1 rings (SSSR count). The number of carbonyl (C=O) groups excluding carboxylic acids is 1. The van der Waals surface area contributed by atoms with Crippen LogP contribution in [0.2, 0.25) is 0 Å². The van der Waals surface area contributed by atoms with E-state index in [0.29, 0.717) is 13.1 Å². The Kier molecular flexibility index (Phi) is 10.4. The molecule has 0 radical (unpaired) electrons. The number of rotatable bonds is 4. The summed E-state index contributed by atoms with van der Waals surface area (Å²) in [6.07, 6.45) is 2.54. The number of ether oxygens (including phenoxy) is 1. The van der Waals surface area contributed by atoms with Gasteiger partial charge in [-0.15, -0.1) is 36.2 Å². The van der Waals surface area contributed by atoms with Crippen molar-refractivity contribution in [1.29, 1.82) is 0 Å². The largest absolute Gasteiger partial charge is 0.468 e. The Balaban J connectivity index is 0. The number of aromatic nitrogens is 1. The van der Waals surface area contributed by atoms with Crippen molar-refractivity contribution in [3.05, 3.63) is 16.6 Å². The van der Waals surface area contributed by atoms with Gasteiger partial charge < -0.3 is 4.74 Å². The third kappa shape index (κ3) is 5.35. The van der Waals surface area contributed by atoms with Crippen LogP contribution in [0.25, 0.3) is 0 Å². The highest BCUT2D eigenvalue weighted by molar-refractivity contribution is 7.09. The van der Waals surface area contributed by atoms with Crippen LogP contribution in [0, 0.1) is 0 Å². The lowest BCUT2D eigenvalue weighted by Crippen LogP contribution is -1.93. The molecule has 0 saturated carbocycles. The summed E-state index contributed by atoms with van der Waals surface area (Å²) >= 11 is 1.57. The van der Waals surface area contributed by atoms with Crippen LogP contribution in [-0.2, 0) is 16.0 Å². The summed E-state index contributed by atoms with van der Waals surface area (Å²) in [7, 11) is 0. The number of nitrogens with zero attached hydrogens (tertiary/aromatic N) is 1. The Morgan fingerprint density at radius 1 is 1.58 bits per heavy atom. The molecule has 0 bridgehead atoms. The number of hydrogen-bond donors (Lipinski definition) is 0. The second-order valence-corrected chi connectivity index (χ2v) is 2.66. The minimum Gasteiger partial charge on any atom is -0.468 e. The van der Waals surface area contributed by atoms with Gasteiger partial charge in [-0.3, -0.25) is 9.78 Å². The van der Waals surface area contributed by atoms with E-state index in [-0.39, 0.29) is 24.8 Å². The smallest absolute Gasteiger partial charge is 0.293 e. The Hall–Kier alpha value is -0.320. The van der Waals surface area contributed by atoms with Gasteiger partial charge in [0.15, 0.2) is 0 Å². The Morgan fingerprint density at radius 3 is 2.83 bits per heavy atom. The fraction of sp³-hybridized carbons (Fsp3) is 0.333. The van der Waals surface area contributed by atoms with Gasteiger partial charge >= 0.3 is 0 Å². The lowest BCUT2D eigenvalue weighted by atomic mass is 10.4. The van der Waals surface area contributed by atoms with Crippen molar-refractivity contribution < 1.29 is 9.53 Å². The van der Waals surface area contributed by atoms with Gasteiger partial charge in [-0.05, 0) is 0 Å². The molecule has 0 atom stereocenters. The highest BCUT2D eigenvalue weighted by Gasteiger charge is 1.92. The molecule has 0 unspecified atom stereocenters. The quantitative estimate of drug-likeness (QED) is 0.583. The van der Waals surface area contributed by atoms with Gasteiger partial charge in [-0.2, -0.15) is 0 Å². The molecule has 0 N–H and O–H groups in total. The number of carbonyl (C=O) groups is 1. The number of halogens is 2. The highest BCUT2D eigenvalue weighted by atomic mass is 35.5. The Bertz CT molecular complexity index is 193.